The first-order valence-electron chi connectivity index (χ1n) is 5.34. The lowest BCUT2D eigenvalue weighted by Gasteiger charge is -2.12. The summed E-state index contributed by atoms with van der Waals surface area (Å²) in [4.78, 5) is 32.3. The number of carbonyl (C=O) groups is 2. The Hall–Kier alpha value is -2.48. The number of hydrogen-bond donors (Lipinski definition) is 3. The highest BCUT2D eigenvalue weighted by Gasteiger charge is 2.20. The molecule has 0 saturated carbocycles. The highest BCUT2D eigenvalue weighted by Crippen LogP contribution is 2.12. The van der Waals surface area contributed by atoms with Crippen molar-refractivity contribution in [1.29, 1.82) is 0 Å². The highest BCUT2D eigenvalue weighted by molar-refractivity contribution is 5.96. The summed E-state index contributed by atoms with van der Waals surface area (Å²) >= 11 is 0. The van der Waals surface area contributed by atoms with Crippen LogP contribution in [0.3, 0.4) is 0 Å². The van der Waals surface area contributed by atoms with Gasteiger partial charge >= 0.3 is 5.97 Å². The standard InChI is InChI=1S/C11H12N2O6/c14-6-5-9(11(16)17)12-10(15)7-1-3-8(4-2-7)13(18)19/h1-4,9,14H,5-6H2,(H,12,15)(H,16,17)/t9-/m1/s1. The van der Waals surface area contributed by atoms with Gasteiger partial charge in [0, 0.05) is 30.7 Å². The van der Waals surface area contributed by atoms with Crippen LogP contribution in [0.15, 0.2) is 24.3 Å². The third-order valence-corrected chi connectivity index (χ3v) is 2.36. The van der Waals surface area contributed by atoms with E-state index in [9.17, 15) is 19.7 Å². The lowest BCUT2D eigenvalue weighted by molar-refractivity contribution is -0.384. The van der Waals surface area contributed by atoms with Crippen molar-refractivity contribution in [2.24, 2.45) is 0 Å². The molecule has 102 valence electrons. The molecule has 0 aliphatic heterocycles. The third-order valence-electron chi connectivity index (χ3n) is 2.36. The minimum atomic E-state index is -1.26. The first-order valence-corrected chi connectivity index (χ1v) is 5.34. The molecule has 0 fully saturated rings. The fourth-order valence-electron chi connectivity index (χ4n) is 1.36. The van der Waals surface area contributed by atoms with Crippen molar-refractivity contribution in [3.8, 4) is 0 Å². The van der Waals surface area contributed by atoms with E-state index < -0.39 is 22.8 Å². The van der Waals surface area contributed by atoms with Crippen LogP contribution in [-0.4, -0.2) is 39.7 Å². The van der Waals surface area contributed by atoms with Gasteiger partial charge in [-0.1, -0.05) is 0 Å². The number of nitro groups is 1. The van der Waals surface area contributed by atoms with E-state index in [4.69, 9.17) is 10.2 Å². The van der Waals surface area contributed by atoms with Gasteiger partial charge in [-0.05, 0) is 12.1 Å². The molecule has 0 unspecified atom stereocenters. The van der Waals surface area contributed by atoms with Crippen LogP contribution in [-0.2, 0) is 4.79 Å². The fourth-order valence-corrected chi connectivity index (χ4v) is 1.36. The molecule has 19 heavy (non-hydrogen) atoms. The van der Waals surface area contributed by atoms with Crippen molar-refractivity contribution in [1.82, 2.24) is 5.32 Å². The van der Waals surface area contributed by atoms with Gasteiger partial charge in [-0.25, -0.2) is 4.79 Å². The molecule has 0 aromatic heterocycles. The van der Waals surface area contributed by atoms with Crippen LogP contribution < -0.4 is 5.32 Å². The average molecular weight is 268 g/mol. The first kappa shape index (κ1) is 14.6. The van der Waals surface area contributed by atoms with E-state index in [1.165, 1.54) is 12.1 Å². The number of carboxylic acid groups (broad SMARTS) is 1. The quantitative estimate of drug-likeness (QED) is 0.497. The van der Waals surface area contributed by atoms with Crippen molar-refractivity contribution in [3.05, 3.63) is 39.9 Å². The van der Waals surface area contributed by atoms with Gasteiger partial charge in [0.1, 0.15) is 6.04 Å². The van der Waals surface area contributed by atoms with Crippen molar-refractivity contribution in [2.75, 3.05) is 6.61 Å². The summed E-state index contributed by atoms with van der Waals surface area (Å²) in [6.45, 7) is -0.377. The molecule has 1 amide bonds. The summed E-state index contributed by atoms with van der Waals surface area (Å²) in [5.74, 6) is -1.93. The topological polar surface area (TPSA) is 130 Å². The summed E-state index contributed by atoms with van der Waals surface area (Å²) in [5.41, 5.74) is -0.0588. The Kier molecular flexibility index (Phi) is 4.95. The smallest absolute Gasteiger partial charge is 0.326 e. The summed E-state index contributed by atoms with van der Waals surface area (Å²) in [7, 11) is 0. The number of benzene rings is 1. The minimum absolute atomic E-state index is 0.106. The second-order valence-electron chi connectivity index (χ2n) is 3.68. The molecule has 3 N–H and O–H groups in total. The molecule has 0 aliphatic carbocycles. The molecule has 0 saturated heterocycles. The van der Waals surface area contributed by atoms with E-state index in [2.05, 4.69) is 5.32 Å². The number of nitrogens with one attached hydrogen (secondary N) is 1. The van der Waals surface area contributed by atoms with E-state index >= 15 is 0 Å². The predicted octanol–water partition coefficient (Wildman–Crippen LogP) is 0.160. The molecule has 0 heterocycles. The number of nitro benzene ring substituents is 1. The lowest BCUT2D eigenvalue weighted by atomic mass is 10.1. The van der Waals surface area contributed by atoms with Gasteiger partial charge < -0.3 is 15.5 Å². The van der Waals surface area contributed by atoms with E-state index in [-0.39, 0.29) is 24.3 Å². The summed E-state index contributed by atoms with van der Waals surface area (Å²) in [5, 5.41) is 30.1. The predicted molar refractivity (Wildman–Crippen MR) is 63.7 cm³/mol. The molecule has 0 spiro atoms. The van der Waals surface area contributed by atoms with Crippen molar-refractivity contribution in [3.63, 3.8) is 0 Å². The van der Waals surface area contributed by atoms with Gasteiger partial charge in [-0.2, -0.15) is 0 Å². The molecule has 0 aliphatic rings. The Morgan fingerprint density at radius 3 is 2.32 bits per heavy atom. The number of non-ortho nitro benzene ring substituents is 1. The number of aliphatic carboxylic acids is 1. The zero-order valence-electron chi connectivity index (χ0n) is 9.78. The summed E-state index contributed by atoms with van der Waals surface area (Å²) < 4.78 is 0. The van der Waals surface area contributed by atoms with E-state index in [0.29, 0.717) is 0 Å². The van der Waals surface area contributed by atoms with Crippen molar-refractivity contribution in [2.45, 2.75) is 12.5 Å². The molecule has 0 radical (unpaired) electrons. The monoisotopic (exact) mass is 268 g/mol. The maximum Gasteiger partial charge on any atom is 0.326 e. The van der Waals surface area contributed by atoms with Gasteiger partial charge in [-0.15, -0.1) is 0 Å². The number of carbonyl (C=O) groups excluding carboxylic acids is 1. The zero-order chi connectivity index (χ0) is 14.4. The number of amides is 1. The Morgan fingerprint density at radius 2 is 1.89 bits per heavy atom. The fraction of sp³-hybridized carbons (Fsp3) is 0.273. The molecule has 1 aromatic carbocycles. The van der Waals surface area contributed by atoms with Gasteiger partial charge in [0.05, 0.1) is 4.92 Å². The zero-order valence-corrected chi connectivity index (χ0v) is 9.78. The second-order valence-corrected chi connectivity index (χ2v) is 3.68. The van der Waals surface area contributed by atoms with E-state index in [1.807, 2.05) is 0 Å². The average Bonchev–Trinajstić information content (AvgIpc) is 2.38. The maximum absolute atomic E-state index is 11.7. The molecule has 1 atom stereocenters. The number of aliphatic hydroxyl groups is 1. The number of nitrogens with zero attached hydrogens (tertiary/aromatic N) is 1. The van der Waals surface area contributed by atoms with Gasteiger partial charge in [-0.3, -0.25) is 14.9 Å². The van der Waals surface area contributed by atoms with Crippen molar-refractivity contribution >= 4 is 17.6 Å². The van der Waals surface area contributed by atoms with Crippen LogP contribution in [0.2, 0.25) is 0 Å². The molecule has 1 rings (SSSR count). The summed E-state index contributed by atoms with van der Waals surface area (Å²) in [6.07, 6.45) is -0.117. The van der Waals surface area contributed by atoms with Crippen LogP contribution in [0.4, 0.5) is 5.69 Å². The van der Waals surface area contributed by atoms with Crippen molar-refractivity contribution < 1.29 is 24.7 Å². The Balaban J connectivity index is 2.76. The second kappa shape index (κ2) is 6.45. The SMILES string of the molecule is O=C(N[C@H](CCO)C(=O)O)c1ccc([N+](=O)[O-])cc1. The first-order chi connectivity index (χ1) is 8.95. The van der Waals surface area contributed by atoms with Gasteiger partial charge in [0.2, 0.25) is 0 Å². The Morgan fingerprint density at radius 1 is 1.32 bits per heavy atom. The molecular weight excluding hydrogens is 256 g/mol. The van der Waals surface area contributed by atoms with Crippen LogP contribution in [0.5, 0.6) is 0 Å². The largest absolute Gasteiger partial charge is 0.480 e. The number of aliphatic hydroxyl groups excluding tert-OH is 1. The minimum Gasteiger partial charge on any atom is -0.480 e. The lowest BCUT2D eigenvalue weighted by Crippen LogP contribution is -2.41. The highest BCUT2D eigenvalue weighted by atomic mass is 16.6. The number of carboxylic acids is 1. The van der Waals surface area contributed by atoms with Crippen LogP contribution in [0.25, 0.3) is 0 Å². The maximum atomic E-state index is 11.7. The summed E-state index contributed by atoms with van der Waals surface area (Å²) in [6, 6.07) is 3.55. The van der Waals surface area contributed by atoms with Crippen LogP contribution in [0, 0.1) is 10.1 Å². The Bertz CT molecular complexity index is 484. The number of hydrogen-bond acceptors (Lipinski definition) is 5. The molecule has 1 aromatic rings. The van der Waals surface area contributed by atoms with E-state index in [1.54, 1.807) is 0 Å². The molecular formula is C11H12N2O6. The molecule has 8 nitrogen and oxygen atoms in total. The van der Waals surface area contributed by atoms with E-state index in [0.717, 1.165) is 12.1 Å². The van der Waals surface area contributed by atoms with Crippen LogP contribution >= 0.6 is 0 Å². The normalized spacial score (nSPS) is 11.6. The molecule has 8 heteroatoms. The third kappa shape index (κ3) is 4.03. The van der Waals surface area contributed by atoms with Crippen LogP contribution in [0.1, 0.15) is 16.8 Å². The molecule has 0 bridgehead atoms. The van der Waals surface area contributed by atoms with Gasteiger partial charge in [0.15, 0.2) is 0 Å². The number of rotatable bonds is 6. The Labute approximate surface area is 107 Å². The van der Waals surface area contributed by atoms with Gasteiger partial charge in [0.25, 0.3) is 11.6 Å².